The number of methoxy groups -OCH3 is 1. The zero-order valence-corrected chi connectivity index (χ0v) is 16.5. The van der Waals surface area contributed by atoms with E-state index < -0.39 is 6.04 Å². The highest BCUT2D eigenvalue weighted by Gasteiger charge is 2.52. The van der Waals surface area contributed by atoms with Crippen LogP contribution in [0.5, 0.6) is 5.75 Å². The van der Waals surface area contributed by atoms with Crippen molar-refractivity contribution in [2.45, 2.75) is 51.2 Å². The van der Waals surface area contributed by atoms with Crippen LogP contribution in [0.2, 0.25) is 0 Å². The first-order valence-electron chi connectivity index (χ1n) is 9.95. The smallest absolute Gasteiger partial charge is 0.246 e. The van der Waals surface area contributed by atoms with Gasteiger partial charge in [-0.2, -0.15) is 0 Å². The van der Waals surface area contributed by atoms with E-state index in [1.807, 2.05) is 41.8 Å². The van der Waals surface area contributed by atoms with Crippen LogP contribution < -0.4 is 4.74 Å². The fourth-order valence-electron chi connectivity index (χ4n) is 5.11. The summed E-state index contributed by atoms with van der Waals surface area (Å²) in [5.74, 6) is 0.977. The largest absolute Gasteiger partial charge is 0.497 e. The van der Waals surface area contributed by atoms with Crippen LogP contribution in [0, 0.1) is 0 Å². The van der Waals surface area contributed by atoms with Gasteiger partial charge in [0.25, 0.3) is 0 Å². The number of ether oxygens (including phenoxy) is 1. The molecule has 0 spiro atoms. The normalized spacial score (nSPS) is 26.2. The molecule has 1 unspecified atom stereocenters. The number of fused-ring (bicyclic) bond motifs is 5. The minimum absolute atomic E-state index is 0.0893. The van der Waals surface area contributed by atoms with Crippen LogP contribution in [0.4, 0.5) is 0 Å². The summed E-state index contributed by atoms with van der Waals surface area (Å²) < 4.78 is 5.37. The molecule has 6 heteroatoms. The zero-order chi connectivity index (χ0) is 19.6. The molecule has 6 nitrogen and oxygen atoms in total. The third-order valence-electron chi connectivity index (χ3n) is 6.33. The topological polar surface area (TPSA) is 65.6 Å². The van der Waals surface area contributed by atoms with Gasteiger partial charge < -0.3 is 19.5 Å². The number of allylic oxidation sites excluding steroid dienone is 1. The second-order valence-corrected chi connectivity index (χ2v) is 8.27. The summed E-state index contributed by atoms with van der Waals surface area (Å²) in [6, 6.07) is 5.03. The monoisotopic (exact) mass is 379 g/mol. The summed E-state index contributed by atoms with van der Waals surface area (Å²) in [6.07, 6.45) is 4.34. The molecule has 2 aromatic rings. The standard InChI is InChI=1S/C22H25N3O3/c1-12(2)9-18-20-15(14-7-6-13(28-3)10-16(14)23-20)11-19-21(26)24-8-4-5-17(24)22(27)25(18)19/h6-7,9-10,17-19,23H,4-5,8,11H2,1-3H3/t17-,18?,19+/m1/s1. The molecule has 4 heterocycles. The first-order chi connectivity index (χ1) is 13.5. The molecule has 146 valence electrons. The molecule has 0 bridgehead atoms. The Labute approximate surface area is 164 Å². The SMILES string of the molecule is COc1ccc2c3c([nH]c2c1)C(C=C(C)C)N1C(=O)[C@H]2CCCN2C(=O)[C@@H]1C3. The molecular formula is C22H25N3O3. The molecule has 1 aromatic heterocycles. The Morgan fingerprint density at radius 1 is 1.21 bits per heavy atom. The maximum absolute atomic E-state index is 13.4. The predicted molar refractivity (Wildman–Crippen MR) is 106 cm³/mol. The van der Waals surface area contributed by atoms with Crippen molar-refractivity contribution in [2.24, 2.45) is 0 Å². The highest BCUT2D eigenvalue weighted by atomic mass is 16.5. The van der Waals surface area contributed by atoms with Crippen molar-refractivity contribution < 1.29 is 14.3 Å². The van der Waals surface area contributed by atoms with Crippen LogP contribution >= 0.6 is 0 Å². The number of piperazine rings is 1. The van der Waals surface area contributed by atoms with Crippen LogP contribution in [0.3, 0.4) is 0 Å². The molecule has 2 amide bonds. The molecule has 0 aliphatic carbocycles. The van der Waals surface area contributed by atoms with Gasteiger partial charge in [-0.05, 0) is 44.4 Å². The van der Waals surface area contributed by atoms with Crippen LogP contribution in [0.25, 0.3) is 10.9 Å². The minimum atomic E-state index is -0.420. The minimum Gasteiger partial charge on any atom is -0.497 e. The molecule has 0 radical (unpaired) electrons. The maximum Gasteiger partial charge on any atom is 0.246 e. The van der Waals surface area contributed by atoms with Gasteiger partial charge in [0, 0.05) is 35.6 Å². The number of rotatable bonds is 2. The lowest BCUT2D eigenvalue weighted by Crippen LogP contribution is -2.65. The molecule has 3 aliphatic rings. The number of aromatic amines is 1. The highest BCUT2D eigenvalue weighted by molar-refractivity contribution is 5.99. The Hall–Kier alpha value is -2.76. The quantitative estimate of drug-likeness (QED) is 0.816. The summed E-state index contributed by atoms with van der Waals surface area (Å²) >= 11 is 0. The third-order valence-corrected chi connectivity index (χ3v) is 6.33. The van der Waals surface area contributed by atoms with Gasteiger partial charge in [-0.3, -0.25) is 9.59 Å². The summed E-state index contributed by atoms with van der Waals surface area (Å²) in [6.45, 7) is 4.77. The molecule has 2 fully saturated rings. The van der Waals surface area contributed by atoms with E-state index in [4.69, 9.17) is 4.74 Å². The molecule has 2 saturated heterocycles. The summed E-state index contributed by atoms with van der Waals surface area (Å²) in [5, 5.41) is 1.10. The number of nitrogens with zero attached hydrogens (tertiary/aromatic N) is 2. The van der Waals surface area contributed by atoms with Crippen molar-refractivity contribution in [3.05, 3.63) is 41.1 Å². The van der Waals surface area contributed by atoms with E-state index in [0.717, 1.165) is 46.3 Å². The summed E-state index contributed by atoms with van der Waals surface area (Å²) in [7, 11) is 1.65. The second kappa shape index (κ2) is 6.12. The van der Waals surface area contributed by atoms with Crippen LogP contribution in [-0.4, -0.2) is 52.3 Å². The number of carbonyl (C=O) groups excluding carboxylic acids is 2. The van der Waals surface area contributed by atoms with Gasteiger partial charge in [-0.15, -0.1) is 0 Å². The predicted octanol–water partition coefficient (Wildman–Crippen LogP) is 2.94. The lowest BCUT2D eigenvalue weighted by Gasteiger charge is -2.47. The number of carbonyl (C=O) groups is 2. The van der Waals surface area contributed by atoms with Gasteiger partial charge in [-0.25, -0.2) is 0 Å². The Morgan fingerprint density at radius 2 is 2.04 bits per heavy atom. The van der Waals surface area contributed by atoms with Gasteiger partial charge >= 0.3 is 0 Å². The number of benzene rings is 1. The fraction of sp³-hybridized carbons (Fsp3) is 0.455. The van der Waals surface area contributed by atoms with Crippen molar-refractivity contribution in [1.82, 2.24) is 14.8 Å². The van der Waals surface area contributed by atoms with E-state index >= 15 is 0 Å². The number of hydrogen-bond donors (Lipinski definition) is 1. The molecule has 0 saturated carbocycles. The summed E-state index contributed by atoms with van der Waals surface area (Å²) in [5.41, 5.74) is 4.27. The number of H-pyrrole nitrogens is 1. The number of nitrogens with one attached hydrogen (secondary N) is 1. The number of amides is 2. The van der Waals surface area contributed by atoms with E-state index in [2.05, 4.69) is 11.1 Å². The molecule has 1 aromatic carbocycles. The summed E-state index contributed by atoms with van der Waals surface area (Å²) in [4.78, 5) is 33.8. The fourth-order valence-corrected chi connectivity index (χ4v) is 5.11. The van der Waals surface area contributed by atoms with Crippen molar-refractivity contribution in [3.8, 4) is 5.75 Å². The van der Waals surface area contributed by atoms with E-state index in [-0.39, 0.29) is 23.9 Å². The van der Waals surface area contributed by atoms with E-state index in [9.17, 15) is 9.59 Å². The zero-order valence-electron chi connectivity index (χ0n) is 16.5. The van der Waals surface area contributed by atoms with Gasteiger partial charge in [0.15, 0.2) is 0 Å². The Bertz CT molecular complexity index is 1020. The molecule has 3 atom stereocenters. The lowest BCUT2D eigenvalue weighted by molar-refractivity contribution is -0.162. The van der Waals surface area contributed by atoms with Crippen molar-refractivity contribution >= 4 is 22.7 Å². The molecule has 5 rings (SSSR count). The molecule has 3 aliphatic heterocycles. The van der Waals surface area contributed by atoms with Crippen molar-refractivity contribution in [1.29, 1.82) is 0 Å². The average molecular weight is 379 g/mol. The molecule has 1 N–H and O–H groups in total. The maximum atomic E-state index is 13.4. The first-order valence-corrected chi connectivity index (χ1v) is 9.95. The van der Waals surface area contributed by atoms with E-state index in [1.54, 1.807) is 7.11 Å². The van der Waals surface area contributed by atoms with Crippen LogP contribution in [0.1, 0.15) is 44.0 Å². The van der Waals surface area contributed by atoms with Gasteiger partial charge in [-0.1, -0.05) is 11.6 Å². The Morgan fingerprint density at radius 3 is 2.79 bits per heavy atom. The van der Waals surface area contributed by atoms with Crippen molar-refractivity contribution in [3.63, 3.8) is 0 Å². The highest BCUT2D eigenvalue weighted by Crippen LogP contribution is 2.43. The van der Waals surface area contributed by atoms with Crippen LogP contribution in [-0.2, 0) is 16.0 Å². The number of hydrogen-bond acceptors (Lipinski definition) is 3. The van der Waals surface area contributed by atoms with E-state index in [1.165, 1.54) is 0 Å². The molecule has 28 heavy (non-hydrogen) atoms. The Balaban J connectivity index is 1.70. The van der Waals surface area contributed by atoms with Gasteiger partial charge in [0.1, 0.15) is 17.8 Å². The van der Waals surface area contributed by atoms with E-state index in [0.29, 0.717) is 13.0 Å². The third kappa shape index (κ3) is 2.33. The van der Waals surface area contributed by atoms with Gasteiger partial charge in [0.2, 0.25) is 11.8 Å². The molecular weight excluding hydrogens is 354 g/mol. The van der Waals surface area contributed by atoms with Crippen LogP contribution in [0.15, 0.2) is 29.8 Å². The number of aromatic nitrogens is 1. The lowest BCUT2D eigenvalue weighted by atomic mass is 9.87. The second-order valence-electron chi connectivity index (χ2n) is 8.27. The Kier molecular flexibility index (Phi) is 3.79. The average Bonchev–Trinajstić information content (AvgIpc) is 3.30. The van der Waals surface area contributed by atoms with Gasteiger partial charge in [0.05, 0.1) is 13.2 Å². The van der Waals surface area contributed by atoms with Crippen molar-refractivity contribution in [2.75, 3.05) is 13.7 Å². The first kappa shape index (κ1) is 17.3.